The Bertz CT molecular complexity index is 967. The lowest BCUT2D eigenvalue weighted by Crippen LogP contribution is -2.20. The van der Waals surface area contributed by atoms with Crippen LogP contribution < -0.4 is 9.80 Å². The SMILES string of the molecule is CCN(C)c1cc(S(=O)(=O)O)cc2cc(S(=O)(=O)O)cc(N(C)CC)c12. The molecular weight excluding hydrogens is 380 g/mol. The van der Waals surface area contributed by atoms with E-state index in [9.17, 15) is 25.9 Å². The van der Waals surface area contributed by atoms with Crippen molar-refractivity contribution >= 4 is 42.4 Å². The minimum Gasteiger partial charge on any atom is -0.374 e. The molecule has 0 amide bonds. The molecule has 0 saturated carbocycles. The Hall–Kier alpha value is -1.88. The maximum absolute atomic E-state index is 11.7. The molecule has 0 bridgehead atoms. The van der Waals surface area contributed by atoms with Gasteiger partial charge in [0, 0.05) is 43.9 Å². The Morgan fingerprint density at radius 1 is 0.769 bits per heavy atom. The molecule has 0 aliphatic heterocycles. The van der Waals surface area contributed by atoms with Gasteiger partial charge in [0.2, 0.25) is 0 Å². The maximum atomic E-state index is 11.7. The first-order valence-electron chi connectivity index (χ1n) is 7.89. The van der Waals surface area contributed by atoms with Crippen molar-refractivity contribution in [3.8, 4) is 0 Å². The van der Waals surface area contributed by atoms with Gasteiger partial charge in [-0.1, -0.05) is 0 Å². The predicted molar refractivity (Wildman–Crippen MR) is 101 cm³/mol. The van der Waals surface area contributed by atoms with Crippen LogP contribution in [0.2, 0.25) is 0 Å². The number of hydrogen-bond donors (Lipinski definition) is 2. The van der Waals surface area contributed by atoms with E-state index in [-0.39, 0.29) is 15.2 Å². The third kappa shape index (κ3) is 3.93. The molecule has 0 radical (unpaired) electrons. The fourth-order valence-electron chi connectivity index (χ4n) is 2.66. The molecule has 2 aromatic rings. The summed E-state index contributed by atoms with van der Waals surface area (Å²) in [7, 11) is -5.48. The van der Waals surface area contributed by atoms with Crippen LogP contribution in [0.3, 0.4) is 0 Å². The van der Waals surface area contributed by atoms with E-state index >= 15 is 0 Å². The fourth-order valence-corrected chi connectivity index (χ4v) is 3.73. The first-order valence-corrected chi connectivity index (χ1v) is 10.8. The highest BCUT2D eigenvalue weighted by atomic mass is 32.2. The minimum atomic E-state index is -4.50. The van der Waals surface area contributed by atoms with Gasteiger partial charge in [-0.05, 0) is 43.5 Å². The molecule has 2 N–H and O–H groups in total. The minimum absolute atomic E-state index is 0.279. The van der Waals surface area contributed by atoms with E-state index in [4.69, 9.17) is 0 Å². The van der Waals surface area contributed by atoms with Gasteiger partial charge >= 0.3 is 0 Å². The van der Waals surface area contributed by atoms with Gasteiger partial charge in [0.15, 0.2) is 0 Å². The summed E-state index contributed by atoms with van der Waals surface area (Å²) in [4.78, 5) is 2.88. The lowest BCUT2D eigenvalue weighted by Gasteiger charge is -2.26. The molecule has 0 unspecified atom stereocenters. The molecule has 144 valence electrons. The van der Waals surface area contributed by atoms with Gasteiger partial charge in [0.25, 0.3) is 20.2 Å². The van der Waals surface area contributed by atoms with Crippen LogP contribution in [0.4, 0.5) is 11.4 Å². The van der Waals surface area contributed by atoms with Gasteiger partial charge in [-0.15, -0.1) is 0 Å². The maximum Gasteiger partial charge on any atom is 0.294 e. The highest BCUT2D eigenvalue weighted by molar-refractivity contribution is 7.86. The number of hydrogen-bond acceptors (Lipinski definition) is 6. The number of benzene rings is 2. The molecule has 2 rings (SSSR count). The van der Waals surface area contributed by atoms with Gasteiger partial charge in [-0.3, -0.25) is 9.11 Å². The zero-order valence-corrected chi connectivity index (χ0v) is 16.6. The quantitative estimate of drug-likeness (QED) is 0.707. The summed E-state index contributed by atoms with van der Waals surface area (Å²) in [5, 5.41) is 0.902. The summed E-state index contributed by atoms with van der Waals surface area (Å²) in [6.07, 6.45) is 0. The van der Waals surface area contributed by atoms with E-state index < -0.39 is 20.2 Å². The predicted octanol–water partition coefficient (Wildman–Crippen LogP) is 2.25. The average Bonchev–Trinajstić information content (AvgIpc) is 2.56. The topological polar surface area (TPSA) is 115 Å². The largest absolute Gasteiger partial charge is 0.374 e. The zero-order chi connectivity index (χ0) is 19.9. The van der Waals surface area contributed by atoms with Crippen LogP contribution in [-0.2, 0) is 20.2 Å². The molecule has 10 heteroatoms. The second kappa shape index (κ2) is 7.03. The third-order valence-electron chi connectivity index (χ3n) is 4.32. The Kier molecular flexibility index (Phi) is 5.52. The van der Waals surface area contributed by atoms with Crippen molar-refractivity contribution < 1.29 is 25.9 Å². The van der Waals surface area contributed by atoms with Crippen LogP contribution in [0.15, 0.2) is 34.1 Å². The summed E-state index contributed by atoms with van der Waals surface area (Å²) in [6, 6.07) is 5.08. The van der Waals surface area contributed by atoms with Crippen molar-refractivity contribution in [2.75, 3.05) is 37.0 Å². The van der Waals surface area contributed by atoms with Crippen molar-refractivity contribution in [3.05, 3.63) is 24.3 Å². The first-order chi connectivity index (χ1) is 11.9. The zero-order valence-electron chi connectivity index (χ0n) is 15.0. The van der Waals surface area contributed by atoms with E-state index in [1.807, 2.05) is 13.8 Å². The van der Waals surface area contributed by atoms with E-state index in [1.54, 1.807) is 23.9 Å². The number of rotatable bonds is 6. The molecule has 2 aromatic carbocycles. The van der Waals surface area contributed by atoms with Crippen LogP contribution >= 0.6 is 0 Å². The van der Waals surface area contributed by atoms with Crippen LogP contribution in [0.25, 0.3) is 10.8 Å². The van der Waals surface area contributed by atoms with Gasteiger partial charge in [0.05, 0.1) is 9.79 Å². The van der Waals surface area contributed by atoms with Crippen LogP contribution in [-0.4, -0.2) is 53.1 Å². The van der Waals surface area contributed by atoms with Crippen molar-refractivity contribution in [1.82, 2.24) is 0 Å². The second-order valence-electron chi connectivity index (χ2n) is 5.96. The Balaban J connectivity index is 3.08. The second-order valence-corrected chi connectivity index (χ2v) is 8.80. The molecule has 0 saturated heterocycles. The van der Waals surface area contributed by atoms with E-state index in [2.05, 4.69) is 0 Å². The monoisotopic (exact) mass is 402 g/mol. The van der Waals surface area contributed by atoms with E-state index in [0.29, 0.717) is 29.9 Å². The highest BCUT2D eigenvalue weighted by Gasteiger charge is 2.22. The summed E-state index contributed by atoms with van der Waals surface area (Å²) < 4.78 is 65.5. The molecule has 0 spiro atoms. The molecule has 0 aliphatic carbocycles. The van der Waals surface area contributed by atoms with Crippen LogP contribution in [0.1, 0.15) is 13.8 Å². The summed E-state index contributed by atoms with van der Waals surface area (Å²) in [5.74, 6) is 0. The molecule has 0 heterocycles. The lowest BCUT2D eigenvalue weighted by molar-refractivity contribution is 0.481. The third-order valence-corrected chi connectivity index (χ3v) is 5.98. The molecule has 0 aromatic heterocycles. The van der Waals surface area contributed by atoms with Gasteiger partial charge in [0.1, 0.15) is 0 Å². The molecule has 0 aliphatic rings. The number of anilines is 2. The van der Waals surface area contributed by atoms with Crippen molar-refractivity contribution in [1.29, 1.82) is 0 Å². The van der Waals surface area contributed by atoms with Gasteiger partial charge in [-0.25, -0.2) is 0 Å². The lowest BCUT2D eigenvalue weighted by atomic mass is 10.0. The highest BCUT2D eigenvalue weighted by Crippen LogP contribution is 2.38. The normalized spacial score (nSPS) is 12.4. The van der Waals surface area contributed by atoms with Crippen molar-refractivity contribution in [3.63, 3.8) is 0 Å². The summed E-state index contributed by atoms with van der Waals surface area (Å²) >= 11 is 0. The fraction of sp³-hybridized carbons (Fsp3) is 0.375. The van der Waals surface area contributed by atoms with Gasteiger partial charge in [-0.2, -0.15) is 16.8 Å². The van der Waals surface area contributed by atoms with Crippen LogP contribution in [0.5, 0.6) is 0 Å². The van der Waals surface area contributed by atoms with Gasteiger partial charge < -0.3 is 9.80 Å². The molecule has 8 nitrogen and oxygen atoms in total. The Morgan fingerprint density at radius 2 is 1.12 bits per heavy atom. The Labute approximate surface area is 153 Å². The van der Waals surface area contributed by atoms with Crippen molar-refractivity contribution in [2.24, 2.45) is 0 Å². The smallest absolute Gasteiger partial charge is 0.294 e. The number of nitrogens with zero attached hydrogens (tertiary/aromatic N) is 2. The average molecular weight is 402 g/mol. The van der Waals surface area contributed by atoms with E-state index in [1.165, 1.54) is 24.3 Å². The van der Waals surface area contributed by atoms with E-state index in [0.717, 1.165) is 0 Å². The molecule has 0 atom stereocenters. The first kappa shape index (κ1) is 20.4. The van der Waals surface area contributed by atoms with Crippen LogP contribution in [0, 0.1) is 0 Å². The number of fused-ring (bicyclic) bond motifs is 1. The standard InChI is InChI=1S/C16H22N2O6S2/c1-5-17(3)14-9-12(25(19,20)21)7-11-8-13(26(22,23)24)10-15(16(11)14)18(4)6-2/h7-10H,5-6H2,1-4H3,(H,19,20,21)(H,22,23,24). The summed E-state index contributed by atoms with van der Waals surface area (Å²) in [6.45, 7) is 4.86. The molecular formula is C16H22N2O6S2. The molecule has 26 heavy (non-hydrogen) atoms. The molecule has 0 fully saturated rings. The summed E-state index contributed by atoms with van der Waals surface area (Å²) in [5.41, 5.74) is 1.05. The van der Waals surface area contributed by atoms with Crippen molar-refractivity contribution in [2.45, 2.75) is 23.6 Å². The Morgan fingerprint density at radius 3 is 1.38 bits per heavy atom.